The minimum Gasteiger partial charge on any atom is -0.336 e. The lowest BCUT2D eigenvalue weighted by Gasteiger charge is -2.33. The molecule has 8 heteroatoms. The van der Waals surface area contributed by atoms with Crippen molar-refractivity contribution in [3.05, 3.63) is 84.2 Å². The molecule has 36 heavy (non-hydrogen) atoms. The number of aryl methyl sites for hydroxylation is 1. The molecule has 5 heterocycles. The van der Waals surface area contributed by atoms with Crippen molar-refractivity contribution in [3.63, 3.8) is 0 Å². The quantitative estimate of drug-likeness (QED) is 0.455. The molecule has 1 amide bonds. The molecule has 1 N–H and O–H groups in total. The molecule has 2 aliphatic heterocycles. The fourth-order valence-corrected chi connectivity index (χ4v) is 5.21. The van der Waals surface area contributed by atoms with Gasteiger partial charge in [0.15, 0.2) is 0 Å². The number of hydrogen-bond acceptors (Lipinski definition) is 6. The van der Waals surface area contributed by atoms with Gasteiger partial charge in [-0.05, 0) is 55.7 Å². The van der Waals surface area contributed by atoms with E-state index in [1.54, 1.807) is 12.4 Å². The topological polar surface area (TPSA) is 88.8 Å². The monoisotopic (exact) mass is 479 g/mol. The minimum atomic E-state index is 0.120. The number of benzene rings is 1. The van der Waals surface area contributed by atoms with Crippen LogP contribution in [0.25, 0.3) is 22.5 Å². The van der Waals surface area contributed by atoms with Crippen molar-refractivity contribution >= 4 is 5.91 Å². The molecule has 0 aliphatic carbocycles. The van der Waals surface area contributed by atoms with Gasteiger partial charge >= 0.3 is 0 Å². The fraction of sp³-hybridized carbons (Fsp3) is 0.321. The maximum absolute atomic E-state index is 13.0. The lowest BCUT2D eigenvalue weighted by Crippen LogP contribution is -2.53. The van der Waals surface area contributed by atoms with Crippen molar-refractivity contribution in [2.45, 2.75) is 44.8 Å². The fourth-order valence-electron chi connectivity index (χ4n) is 5.21. The summed E-state index contributed by atoms with van der Waals surface area (Å²) >= 11 is 0. The number of nitrogens with zero attached hydrogens (tertiary/aromatic N) is 6. The van der Waals surface area contributed by atoms with E-state index in [0.717, 1.165) is 71.9 Å². The Labute approximate surface area is 210 Å². The second-order valence-corrected chi connectivity index (χ2v) is 9.57. The summed E-state index contributed by atoms with van der Waals surface area (Å²) in [6.45, 7) is 4.43. The third kappa shape index (κ3) is 4.52. The molecule has 8 nitrogen and oxygen atoms in total. The van der Waals surface area contributed by atoms with E-state index in [1.165, 1.54) is 0 Å². The zero-order chi connectivity index (χ0) is 24.5. The van der Waals surface area contributed by atoms with Crippen molar-refractivity contribution in [1.29, 1.82) is 0 Å². The van der Waals surface area contributed by atoms with E-state index >= 15 is 0 Å². The zero-order valence-electron chi connectivity index (χ0n) is 20.3. The molecule has 0 saturated carbocycles. The third-order valence-corrected chi connectivity index (χ3v) is 7.07. The molecule has 2 aliphatic rings. The van der Waals surface area contributed by atoms with Crippen molar-refractivity contribution in [3.8, 4) is 22.5 Å². The first-order valence-electron chi connectivity index (χ1n) is 12.6. The molecule has 0 radical (unpaired) electrons. The summed E-state index contributed by atoms with van der Waals surface area (Å²) in [5, 5.41) is 8.32. The number of carbonyl (C=O) groups excluding carboxylic acids is 1. The van der Waals surface area contributed by atoms with Crippen LogP contribution in [0.2, 0.25) is 0 Å². The van der Waals surface area contributed by atoms with Gasteiger partial charge in [-0.25, -0.2) is 9.97 Å². The molecule has 2 unspecified atom stereocenters. The Kier molecular flexibility index (Phi) is 6.03. The van der Waals surface area contributed by atoms with Crippen LogP contribution in [0, 0.1) is 0 Å². The van der Waals surface area contributed by atoms with Crippen LogP contribution in [0.4, 0.5) is 0 Å². The van der Waals surface area contributed by atoms with Crippen LogP contribution < -0.4 is 5.32 Å². The second kappa shape index (κ2) is 9.62. The molecule has 6 rings (SSSR count). The number of hydrogen-bond donors (Lipinski definition) is 1. The van der Waals surface area contributed by atoms with Gasteiger partial charge in [0.2, 0.25) is 0 Å². The van der Waals surface area contributed by atoms with Crippen LogP contribution in [-0.4, -0.2) is 60.7 Å². The van der Waals surface area contributed by atoms with Crippen LogP contribution in [0.1, 0.15) is 41.5 Å². The molecule has 2 saturated heterocycles. The van der Waals surface area contributed by atoms with Gasteiger partial charge in [-0.2, -0.15) is 5.10 Å². The summed E-state index contributed by atoms with van der Waals surface area (Å²) in [5.41, 5.74) is 5.41. The summed E-state index contributed by atoms with van der Waals surface area (Å²) < 4.78 is 1.92. The SMILES string of the molecule is CCn1cc(-c2ccnc(Cc3ccc(C(=O)N4CC5CCC(C4)N5)cc3)n2)c(-c2cccnc2)n1. The van der Waals surface area contributed by atoms with Crippen molar-refractivity contribution in [1.82, 2.24) is 34.9 Å². The highest BCUT2D eigenvalue weighted by Gasteiger charge is 2.34. The molecule has 182 valence electrons. The number of carbonyl (C=O) groups is 1. The highest BCUT2D eigenvalue weighted by atomic mass is 16.2. The largest absolute Gasteiger partial charge is 0.336 e. The van der Waals surface area contributed by atoms with Gasteiger partial charge in [0.25, 0.3) is 5.91 Å². The summed E-state index contributed by atoms with van der Waals surface area (Å²) in [4.78, 5) is 28.6. The molecular formula is C28H29N7O. The van der Waals surface area contributed by atoms with Gasteiger partial charge in [-0.1, -0.05) is 12.1 Å². The van der Waals surface area contributed by atoms with Gasteiger partial charge in [0.1, 0.15) is 11.5 Å². The Hall–Kier alpha value is -3.91. The normalized spacial score (nSPS) is 19.0. The van der Waals surface area contributed by atoms with E-state index in [0.29, 0.717) is 18.5 Å². The van der Waals surface area contributed by atoms with E-state index in [4.69, 9.17) is 10.1 Å². The smallest absolute Gasteiger partial charge is 0.253 e. The van der Waals surface area contributed by atoms with Gasteiger partial charge in [-0.3, -0.25) is 14.5 Å². The number of amides is 1. The number of rotatable bonds is 6. The molecule has 2 bridgehead atoms. The average Bonchev–Trinajstić information content (AvgIpc) is 3.52. The Morgan fingerprint density at radius 1 is 1.06 bits per heavy atom. The van der Waals surface area contributed by atoms with Crippen LogP contribution in [-0.2, 0) is 13.0 Å². The number of aromatic nitrogens is 5. The van der Waals surface area contributed by atoms with Gasteiger partial charge in [0, 0.05) is 79.6 Å². The maximum Gasteiger partial charge on any atom is 0.253 e. The van der Waals surface area contributed by atoms with Crippen molar-refractivity contribution < 1.29 is 4.79 Å². The summed E-state index contributed by atoms with van der Waals surface area (Å²) in [6, 6.07) is 14.6. The molecule has 2 fully saturated rings. The Balaban J connectivity index is 1.20. The second-order valence-electron chi connectivity index (χ2n) is 9.57. The Morgan fingerprint density at radius 2 is 1.86 bits per heavy atom. The van der Waals surface area contributed by atoms with Crippen molar-refractivity contribution in [2.75, 3.05) is 13.1 Å². The molecule has 4 aromatic rings. The van der Waals surface area contributed by atoms with Crippen LogP contribution >= 0.6 is 0 Å². The zero-order valence-corrected chi connectivity index (χ0v) is 20.3. The van der Waals surface area contributed by atoms with E-state index in [-0.39, 0.29) is 5.91 Å². The van der Waals surface area contributed by atoms with Crippen LogP contribution in [0.5, 0.6) is 0 Å². The Bertz CT molecular complexity index is 1350. The number of likely N-dealkylation sites (tertiary alicyclic amines) is 1. The van der Waals surface area contributed by atoms with Gasteiger partial charge < -0.3 is 10.2 Å². The highest BCUT2D eigenvalue weighted by Crippen LogP contribution is 2.29. The molecule has 2 atom stereocenters. The number of piperazine rings is 1. The predicted molar refractivity (Wildman–Crippen MR) is 137 cm³/mol. The van der Waals surface area contributed by atoms with E-state index in [9.17, 15) is 4.79 Å². The van der Waals surface area contributed by atoms with Gasteiger partial charge in [0.05, 0.1) is 5.69 Å². The first-order chi connectivity index (χ1) is 17.7. The lowest BCUT2D eigenvalue weighted by molar-refractivity contribution is 0.0697. The minimum absolute atomic E-state index is 0.120. The third-order valence-electron chi connectivity index (χ3n) is 7.07. The van der Waals surface area contributed by atoms with Crippen molar-refractivity contribution in [2.24, 2.45) is 0 Å². The maximum atomic E-state index is 13.0. The highest BCUT2D eigenvalue weighted by molar-refractivity contribution is 5.94. The summed E-state index contributed by atoms with van der Waals surface area (Å²) in [6.07, 6.45) is 10.3. The lowest BCUT2D eigenvalue weighted by atomic mass is 10.1. The predicted octanol–water partition coefficient (Wildman–Crippen LogP) is 3.59. The standard InChI is InChI=1S/C28H29N7O/c1-2-35-18-24(27(33-35)21-4-3-12-29-15-21)25-11-13-30-26(32-25)14-19-5-7-20(8-6-19)28(36)34-16-22-9-10-23(17-34)31-22/h3-8,11-13,15,18,22-23,31H,2,9-10,14,16-17H2,1H3. The van der Waals surface area contributed by atoms with Crippen LogP contribution in [0.3, 0.4) is 0 Å². The molecule has 0 spiro atoms. The molecule has 3 aromatic heterocycles. The number of pyridine rings is 1. The van der Waals surface area contributed by atoms with Crippen LogP contribution in [0.15, 0.2) is 67.3 Å². The average molecular weight is 480 g/mol. The first kappa shape index (κ1) is 22.5. The summed E-state index contributed by atoms with van der Waals surface area (Å²) in [5.74, 6) is 0.848. The van der Waals surface area contributed by atoms with Gasteiger partial charge in [-0.15, -0.1) is 0 Å². The summed E-state index contributed by atoms with van der Waals surface area (Å²) in [7, 11) is 0. The van der Waals surface area contributed by atoms with E-state index in [2.05, 4.69) is 22.2 Å². The Morgan fingerprint density at radius 3 is 2.58 bits per heavy atom. The van der Waals surface area contributed by atoms with E-state index < -0.39 is 0 Å². The molecular weight excluding hydrogens is 450 g/mol. The van der Waals surface area contributed by atoms with E-state index in [1.807, 2.05) is 64.4 Å². The molecule has 1 aromatic carbocycles. The first-order valence-corrected chi connectivity index (χ1v) is 12.6. The number of nitrogens with one attached hydrogen (secondary N) is 1. The number of fused-ring (bicyclic) bond motifs is 2.